The second-order valence-corrected chi connectivity index (χ2v) is 6.62. The van der Waals surface area contributed by atoms with Gasteiger partial charge in [0.2, 0.25) is 0 Å². The lowest BCUT2D eigenvalue weighted by molar-refractivity contribution is 0.0342. The summed E-state index contributed by atoms with van der Waals surface area (Å²) in [7, 11) is 0. The molecule has 2 N–H and O–H groups in total. The molecule has 0 unspecified atom stereocenters. The van der Waals surface area contributed by atoms with E-state index in [1.54, 1.807) is 12.1 Å². The molecule has 5 nitrogen and oxygen atoms in total. The molecule has 1 saturated heterocycles. The Kier molecular flexibility index (Phi) is 5.50. The Morgan fingerprint density at radius 2 is 2.00 bits per heavy atom. The van der Waals surface area contributed by atoms with E-state index in [0.717, 1.165) is 42.9 Å². The van der Waals surface area contributed by atoms with E-state index in [2.05, 4.69) is 26.1 Å². The van der Waals surface area contributed by atoms with Crippen LogP contribution in [0.25, 0.3) is 0 Å². The number of anilines is 1. The molecule has 1 heterocycles. The minimum atomic E-state index is -0.330. The number of rotatable bonds is 4. The van der Waals surface area contributed by atoms with Crippen LogP contribution in [0.5, 0.6) is 5.75 Å². The topological polar surface area (TPSA) is 61.8 Å². The fourth-order valence-corrected chi connectivity index (χ4v) is 3.01. The van der Waals surface area contributed by atoms with E-state index in [9.17, 15) is 9.90 Å². The lowest BCUT2D eigenvalue weighted by Gasteiger charge is -2.26. The number of morpholine rings is 1. The smallest absolute Gasteiger partial charge is 0.259 e. The number of ether oxygens (including phenoxy) is 1. The van der Waals surface area contributed by atoms with Gasteiger partial charge in [0, 0.05) is 29.8 Å². The molecule has 1 fully saturated rings. The van der Waals surface area contributed by atoms with Crippen LogP contribution in [0.1, 0.15) is 15.9 Å². The number of carbonyl (C=O) groups is 1. The molecule has 0 saturated carbocycles. The number of hydrogen-bond acceptors (Lipinski definition) is 4. The summed E-state index contributed by atoms with van der Waals surface area (Å²) in [5.74, 6) is -0.380. The minimum absolute atomic E-state index is 0.0497. The largest absolute Gasteiger partial charge is 0.507 e. The standard InChI is InChI=1S/C18H19BrN2O3/c19-14-4-5-16(17(22)11-14)18(23)20-15-3-1-2-13(10-15)12-21-6-8-24-9-7-21/h1-5,10-11,22H,6-9,12H2,(H,20,23). The molecule has 0 bridgehead atoms. The van der Waals surface area contributed by atoms with Crippen LogP contribution in [0.2, 0.25) is 0 Å². The second kappa shape index (κ2) is 7.79. The summed E-state index contributed by atoms with van der Waals surface area (Å²) in [6, 6.07) is 12.6. The number of amides is 1. The van der Waals surface area contributed by atoms with E-state index in [1.807, 2.05) is 24.3 Å². The van der Waals surface area contributed by atoms with Crippen molar-refractivity contribution >= 4 is 27.5 Å². The van der Waals surface area contributed by atoms with Gasteiger partial charge in [0.05, 0.1) is 18.8 Å². The molecule has 0 aromatic heterocycles. The van der Waals surface area contributed by atoms with E-state index in [-0.39, 0.29) is 17.2 Å². The number of hydrogen-bond donors (Lipinski definition) is 2. The number of aromatic hydroxyl groups is 1. The third-order valence-corrected chi connectivity index (χ3v) is 4.39. The molecule has 1 aliphatic heterocycles. The Morgan fingerprint density at radius 3 is 2.75 bits per heavy atom. The molecular formula is C18H19BrN2O3. The third kappa shape index (κ3) is 4.35. The predicted molar refractivity (Wildman–Crippen MR) is 96.3 cm³/mol. The van der Waals surface area contributed by atoms with Crippen LogP contribution < -0.4 is 5.32 Å². The molecule has 2 aromatic rings. The van der Waals surface area contributed by atoms with Crippen LogP contribution in [-0.4, -0.2) is 42.2 Å². The summed E-state index contributed by atoms with van der Waals surface area (Å²) in [6.45, 7) is 4.20. The Balaban J connectivity index is 1.68. The molecule has 126 valence electrons. The maximum atomic E-state index is 12.3. The molecule has 0 aliphatic carbocycles. The number of nitrogens with zero attached hydrogens (tertiary/aromatic N) is 1. The highest BCUT2D eigenvalue weighted by Gasteiger charge is 2.13. The molecule has 24 heavy (non-hydrogen) atoms. The van der Waals surface area contributed by atoms with Gasteiger partial charge in [0.15, 0.2) is 0 Å². The highest BCUT2D eigenvalue weighted by Crippen LogP contribution is 2.23. The first-order chi connectivity index (χ1) is 11.6. The van der Waals surface area contributed by atoms with Gasteiger partial charge >= 0.3 is 0 Å². The molecule has 1 aliphatic rings. The number of phenols is 1. The van der Waals surface area contributed by atoms with Crippen molar-refractivity contribution in [2.24, 2.45) is 0 Å². The van der Waals surface area contributed by atoms with Crippen molar-refractivity contribution in [1.82, 2.24) is 4.90 Å². The molecule has 3 rings (SSSR count). The van der Waals surface area contributed by atoms with Gasteiger partial charge in [0.1, 0.15) is 5.75 Å². The summed E-state index contributed by atoms with van der Waals surface area (Å²) in [5, 5.41) is 12.7. The zero-order valence-electron chi connectivity index (χ0n) is 13.2. The maximum Gasteiger partial charge on any atom is 0.259 e. The first-order valence-corrected chi connectivity index (χ1v) is 8.60. The van der Waals surface area contributed by atoms with Gasteiger partial charge in [-0.1, -0.05) is 28.1 Å². The maximum absolute atomic E-state index is 12.3. The Hall–Kier alpha value is -1.89. The number of phenolic OH excluding ortho intramolecular Hbond substituents is 1. The summed E-state index contributed by atoms with van der Waals surface area (Å²) in [5.41, 5.74) is 2.10. The Labute approximate surface area is 149 Å². The number of benzene rings is 2. The second-order valence-electron chi connectivity index (χ2n) is 5.70. The van der Waals surface area contributed by atoms with Gasteiger partial charge in [-0.25, -0.2) is 0 Å². The van der Waals surface area contributed by atoms with Gasteiger partial charge in [-0.15, -0.1) is 0 Å². The lowest BCUT2D eigenvalue weighted by Crippen LogP contribution is -2.35. The molecule has 0 spiro atoms. The number of nitrogens with one attached hydrogen (secondary N) is 1. The molecule has 1 amide bonds. The average molecular weight is 391 g/mol. The summed E-state index contributed by atoms with van der Waals surface area (Å²) >= 11 is 3.26. The van der Waals surface area contributed by atoms with Crippen molar-refractivity contribution in [2.45, 2.75) is 6.54 Å². The van der Waals surface area contributed by atoms with Gasteiger partial charge in [-0.05, 0) is 35.9 Å². The van der Waals surface area contributed by atoms with E-state index >= 15 is 0 Å². The zero-order valence-corrected chi connectivity index (χ0v) is 14.8. The third-order valence-electron chi connectivity index (χ3n) is 3.90. The van der Waals surface area contributed by atoms with Crippen molar-refractivity contribution in [3.63, 3.8) is 0 Å². The van der Waals surface area contributed by atoms with Crippen LogP contribution in [0, 0.1) is 0 Å². The van der Waals surface area contributed by atoms with E-state index in [0.29, 0.717) is 5.69 Å². The van der Waals surface area contributed by atoms with Crippen LogP contribution in [-0.2, 0) is 11.3 Å². The van der Waals surface area contributed by atoms with Crippen molar-refractivity contribution < 1.29 is 14.6 Å². The first-order valence-electron chi connectivity index (χ1n) is 7.81. The molecule has 0 atom stereocenters. The van der Waals surface area contributed by atoms with Gasteiger partial charge in [0.25, 0.3) is 5.91 Å². The summed E-state index contributed by atoms with van der Waals surface area (Å²) < 4.78 is 6.08. The van der Waals surface area contributed by atoms with Crippen LogP contribution in [0.3, 0.4) is 0 Å². The molecular weight excluding hydrogens is 372 g/mol. The first kappa shape index (κ1) is 17.0. The van der Waals surface area contributed by atoms with Crippen LogP contribution in [0.4, 0.5) is 5.69 Å². The number of carbonyl (C=O) groups excluding carboxylic acids is 1. The van der Waals surface area contributed by atoms with Gasteiger partial charge in [-0.3, -0.25) is 9.69 Å². The lowest BCUT2D eigenvalue weighted by atomic mass is 10.1. The van der Waals surface area contributed by atoms with Crippen molar-refractivity contribution in [3.8, 4) is 5.75 Å². The highest BCUT2D eigenvalue weighted by molar-refractivity contribution is 9.10. The van der Waals surface area contributed by atoms with Crippen molar-refractivity contribution in [3.05, 3.63) is 58.1 Å². The summed E-state index contributed by atoms with van der Waals surface area (Å²) in [4.78, 5) is 14.7. The van der Waals surface area contributed by atoms with E-state index < -0.39 is 0 Å². The minimum Gasteiger partial charge on any atom is -0.507 e. The Bertz CT molecular complexity index is 730. The van der Waals surface area contributed by atoms with Crippen LogP contribution in [0.15, 0.2) is 46.9 Å². The number of halogens is 1. The van der Waals surface area contributed by atoms with Gasteiger partial charge < -0.3 is 15.2 Å². The van der Waals surface area contributed by atoms with Gasteiger partial charge in [-0.2, -0.15) is 0 Å². The highest BCUT2D eigenvalue weighted by atomic mass is 79.9. The average Bonchev–Trinajstić information content (AvgIpc) is 2.56. The van der Waals surface area contributed by atoms with E-state index in [4.69, 9.17) is 4.74 Å². The monoisotopic (exact) mass is 390 g/mol. The van der Waals surface area contributed by atoms with Crippen molar-refractivity contribution in [1.29, 1.82) is 0 Å². The van der Waals surface area contributed by atoms with Crippen molar-refractivity contribution in [2.75, 3.05) is 31.6 Å². The summed E-state index contributed by atoms with van der Waals surface area (Å²) in [6.07, 6.45) is 0. The zero-order chi connectivity index (χ0) is 16.9. The fourth-order valence-electron chi connectivity index (χ4n) is 2.66. The molecule has 6 heteroatoms. The quantitative estimate of drug-likeness (QED) is 0.840. The molecule has 0 radical (unpaired) electrons. The predicted octanol–water partition coefficient (Wildman–Crippen LogP) is 3.24. The molecule has 2 aromatic carbocycles. The normalized spacial score (nSPS) is 15.2. The SMILES string of the molecule is O=C(Nc1cccc(CN2CCOCC2)c1)c1ccc(Br)cc1O. The Morgan fingerprint density at radius 1 is 1.21 bits per heavy atom. The fraction of sp³-hybridized carbons (Fsp3) is 0.278. The van der Waals surface area contributed by atoms with E-state index in [1.165, 1.54) is 6.07 Å². The van der Waals surface area contributed by atoms with Crippen LogP contribution >= 0.6 is 15.9 Å².